The second-order valence-corrected chi connectivity index (χ2v) is 7.53. The summed E-state index contributed by atoms with van der Waals surface area (Å²) in [5.41, 5.74) is 2.05. The second kappa shape index (κ2) is 7.18. The molecule has 0 spiro atoms. The van der Waals surface area contributed by atoms with E-state index in [4.69, 9.17) is 0 Å². The number of amides is 1. The number of nitrogens with zero attached hydrogens (tertiary/aromatic N) is 6. The van der Waals surface area contributed by atoms with E-state index in [0.29, 0.717) is 10.9 Å². The third kappa shape index (κ3) is 3.55. The fourth-order valence-electron chi connectivity index (χ4n) is 2.19. The predicted molar refractivity (Wildman–Crippen MR) is 99.4 cm³/mol. The second-order valence-electron chi connectivity index (χ2n) is 5.33. The smallest absolute Gasteiger partial charge is 0.294 e. The molecule has 26 heavy (non-hydrogen) atoms. The van der Waals surface area contributed by atoms with Crippen LogP contribution < -0.4 is 5.32 Å². The van der Waals surface area contributed by atoms with Crippen molar-refractivity contribution >= 4 is 39.9 Å². The minimum atomic E-state index is -0.439. The normalized spacial score (nSPS) is 11.0. The molecule has 0 radical (unpaired) electrons. The summed E-state index contributed by atoms with van der Waals surface area (Å²) in [7, 11) is 0. The molecule has 3 aromatic heterocycles. The van der Waals surface area contributed by atoms with Crippen LogP contribution in [-0.2, 0) is 5.75 Å². The van der Waals surface area contributed by atoms with Gasteiger partial charge in [-0.2, -0.15) is 4.98 Å². The highest BCUT2D eigenvalue weighted by Crippen LogP contribution is 2.28. The van der Waals surface area contributed by atoms with Gasteiger partial charge >= 0.3 is 0 Å². The van der Waals surface area contributed by atoms with Crippen molar-refractivity contribution in [2.75, 3.05) is 5.32 Å². The molecule has 0 unspecified atom stereocenters. The van der Waals surface area contributed by atoms with Gasteiger partial charge in [0.05, 0.1) is 0 Å². The number of aromatic nitrogens is 6. The zero-order chi connectivity index (χ0) is 17.9. The van der Waals surface area contributed by atoms with Gasteiger partial charge in [-0.3, -0.25) is 10.1 Å². The Morgan fingerprint density at radius 2 is 2.08 bits per heavy atom. The molecule has 130 valence electrons. The lowest BCUT2D eigenvalue weighted by Crippen LogP contribution is -2.13. The molecule has 4 rings (SSSR count). The summed E-state index contributed by atoms with van der Waals surface area (Å²) < 4.78 is 2.31. The molecule has 0 aliphatic heterocycles. The van der Waals surface area contributed by atoms with Crippen molar-refractivity contribution in [1.29, 1.82) is 0 Å². The maximum absolute atomic E-state index is 12.3. The molecule has 8 nitrogen and oxygen atoms in total. The molecule has 0 bridgehead atoms. The van der Waals surface area contributed by atoms with Crippen LogP contribution in [-0.4, -0.2) is 35.7 Å². The first-order chi connectivity index (χ1) is 12.7. The Morgan fingerprint density at radius 3 is 2.88 bits per heavy atom. The average Bonchev–Trinajstić information content (AvgIpc) is 3.28. The number of nitrogens with one attached hydrogen (secondary N) is 1. The number of benzene rings is 1. The van der Waals surface area contributed by atoms with Crippen molar-refractivity contribution in [3.8, 4) is 0 Å². The van der Waals surface area contributed by atoms with E-state index >= 15 is 0 Å². The van der Waals surface area contributed by atoms with Crippen molar-refractivity contribution in [1.82, 2.24) is 29.8 Å². The highest BCUT2D eigenvalue weighted by molar-refractivity contribution is 8.00. The molecular weight excluding hydrogens is 370 g/mol. The lowest BCUT2D eigenvalue weighted by atomic mass is 10.2. The summed E-state index contributed by atoms with van der Waals surface area (Å²) in [6.07, 6.45) is 1.63. The van der Waals surface area contributed by atoms with E-state index in [9.17, 15) is 4.79 Å². The molecule has 1 aromatic carbocycles. The summed E-state index contributed by atoms with van der Waals surface area (Å²) in [5, 5.41) is 15.4. The van der Waals surface area contributed by atoms with Crippen molar-refractivity contribution < 1.29 is 4.79 Å². The molecule has 4 aromatic rings. The van der Waals surface area contributed by atoms with Gasteiger partial charge in [0.2, 0.25) is 11.0 Å². The number of hydrogen-bond donors (Lipinski definition) is 1. The van der Waals surface area contributed by atoms with E-state index < -0.39 is 5.91 Å². The van der Waals surface area contributed by atoms with Crippen molar-refractivity contribution in [2.24, 2.45) is 0 Å². The van der Waals surface area contributed by atoms with E-state index in [0.717, 1.165) is 15.8 Å². The van der Waals surface area contributed by atoms with E-state index in [2.05, 4.69) is 42.7 Å². The van der Waals surface area contributed by atoms with Gasteiger partial charge in [-0.05, 0) is 18.6 Å². The zero-order valence-corrected chi connectivity index (χ0v) is 15.3. The number of fused-ring (bicyclic) bond motifs is 1. The maximum atomic E-state index is 12.3. The monoisotopic (exact) mass is 383 g/mol. The molecule has 1 amide bonds. The Hall–Kier alpha value is -2.85. The van der Waals surface area contributed by atoms with Gasteiger partial charge in [-0.15, -0.1) is 15.3 Å². The van der Waals surface area contributed by atoms with Gasteiger partial charge in [-0.1, -0.05) is 53.4 Å². The molecule has 1 N–H and O–H groups in total. The van der Waals surface area contributed by atoms with Gasteiger partial charge < -0.3 is 0 Å². The number of anilines is 1. The Morgan fingerprint density at radius 1 is 1.23 bits per heavy atom. The summed E-state index contributed by atoms with van der Waals surface area (Å²) in [6, 6.07) is 11.9. The quantitative estimate of drug-likeness (QED) is 0.418. The van der Waals surface area contributed by atoms with Gasteiger partial charge in [-0.25, -0.2) is 9.50 Å². The fraction of sp³-hybridized carbons (Fsp3) is 0.125. The first-order valence-electron chi connectivity index (χ1n) is 7.69. The third-order valence-corrected chi connectivity index (χ3v) is 5.51. The molecule has 10 heteroatoms. The van der Waals surface area contributed by atoms with Crippen LogP contribution >= 0.6 is 23.1 Å². The summed E-state index contributed by atoms with van der Waals surface area (Å²) >= 11 is 2.89. The van der Waals surface area contributed by atoms with E-state index in [1.807, 2.05) is 25.1 Å². The number of rotatable bonds is 5. The lowest BCUT2D eigenvalue weighted by molar-refractivity contribution is 0.101. The highest BCUT2D eigenvalue weighted by Gasteiger charge is 2.16. The van der Waals surface area contributed by atoms with Crippen LogP contribution in [0.25, 0.3) is 5.78 Å². The van der Waals surface area contributed by atoms with Gasteiger partial charge in [0, 0.05) is 17.6 Å². The van der Waals surface area contributed by atoms with E-state index in [1.165, 1.54) is 21.4 Å². The first-order valence-corrected chi connectivity index (χ1v) is 9.49. The fourth-order valence-corrected chi connectivity index (χ4v) is 3.90. The summed E-state index contributed by atoms with van der Waals surface area (Å²) in [5.74, 6) is 0.778. The van der Waals surface area contributed by atoms with Crippen LogP contribution in [0.15, 0.2) is 46.9 Å². The Labute approximate surface area is 156 Å². The molecule has 3 heterocycles. The van der Waals surface area contributed by atoms with Crippen molar-refractivity contribution in [3.63, 3.8) is 0 Å². The molecule has 0 aliphatic carbocycles. The van der Waals surface area contributed by atoms with Crippen LogP contribution in [0.4, 0.5) is 5.13 Å². The molecular formula is C16H13N7OS2. The number of carbonyl (C=O) groups excluding carboxylic acids is 1. The van der Waals surface area contributed by atoms with E-state index in [1.54, 1.807) is 24.0 Å². The minimum absolute atomic E-state index is 0.0421. The maximum Gasteiger partial charge on any atom is 0.297 e. The summed E-state index contributed by atoms with van der Waals surface area (Å²) in [6.45, 7) is 1.87. The molecule has 0 saturated heterocycles. The predicted octanol–water partition coefficient (Wildman–Crippen LogP) is 2.83. The number of carbonyl (C=O) groups is 1. The molecule has 0 atom stereocenters. The molecule has 0 fully saturated rings. The minimum Gasteiger partial charge on any atom is -0.294 e. The van der Waals surface area contributed by atoms with Gasteiger partial charge in [0.15, 0.2) is 4.34 Å². The molecule has 0 saturated carbocycles. The Kier molecular flexibility index (Phi) is 4.59. The standard InChI is InChI=1S/C16H13N7OS2/c1-10-7-8-17-14-18-12(22-23(10)14)13(24)19-15-20-21-16(26-15)25-9-11-5-3-2-4-6-11/h2-8H,9H2,1H3,(H,19,20,24). The average molecular weight is 383 g/mol. The van der Waals surface area contributed by atoms with Crippen LogP contribution in [0.1, 0.15) is 21.9 Å². The largest absolute Gasteiger partial charge is 0.297 e. The topological polar surface area (TPSA) is 98.0 Å². The lowest BCUT2D eigenvalue weighted by Gasteiger charge is -1.97. The number of thioether (sulfide) groups is 1. The van der Waals surface area contributed by atoms with Crippen LogP contribution in [0.2, 0.25) is 0 Å². The highest BCUT2D eigenvalue weighted by atomic mass is 32.2. The van der Waals surface area contributed by atoms with Crippen LogP contribution in [0, 0.1) is 6.92 Å². The molecule has 0 aliphatic rings. The Bertz CT molecular complexity index is 1060. The third-order valence-electron chi connectivity index (χ3n) is 3.47. The van der Waals surface area contributed by atoms with Crippen molar-refractivity contribution in [2.45, 2.75) is 17.0 Å². The first kappa shape index (κ1) is 16.6. The van der Waals surface area contributed by atoms with Crippen LogP contribution in [0.3, 0.4) is 0 Å². The summed E-state index contributed by atoms with van der Waals surface area (Å²) in [4.78, 5) is 20.6. The van der Waals surface area contributed by atoms with Gasteiger partial charge in [0.1, 0.15) is 0 Å². The van der Waals surface area contributed by atoms with Crippen LogP contribution in [0.5, 0.6) is 0 Å². The Balaban J connectivity index is 1.43. The number of aryl methyl sites for hydroxylation is 1. The van der Waals surface area contributed by atoms with Gasteiger partial charge in [0.25, 0.3) is 11.7 Å². The number of hydrogen-bond acceptors (Lipinski definition) is 8. The van der Waals surface area contributed by atoms with Crippen molar-refractivity contribution in [3.05, 3.63) is 59.7 Å². The zero-order valence-electron chi connectivity index (χ0n) is 13.7. The van der Waals surface area contributed by atoms with E-state index in [-0.39, 0.29) is 5.82 Å². The SMILES string of the molecule is Cc1ccnc2nc(C(=O)Nc3nnc(SCc4ccccc4)s3)nn12.